The number of aromatic nitrogens is 2. The molecular formula is C14H15N3O4. The van der Waals surface area contributed by atoms with Gasteiger partial charge in [-0.2, -0.15) is 5.10 Å². The molecule has 7 nitrogen and oxygen atoms in total. The summed E-state index contributed by atoms with van der Waals surface area (Å²) in [4.78, 5) is 34.8. The monoisotopic (exact) mass is 289 g/mol. The second-order valence-corrected chi connectivity index (χ2v) is 4.48. The first-order chi connectivity index (χ1) is 10.0. The number of nitrogens with zero attached hydrogens (tertiary/aromatic N) is 2. The second kappa shape index (κ2) is 6.17. The van der Waals surface area contributed by atoms with E-state index in [0.717, 1.165) is 4.68 Å². The van der Waals surface area contributed by atoms with Crippen molar-refractivity contribution in [3.8, 4) is 0 Å². The molecule has 110 valence electrons. The van der Waals surface area contributed by atoms with Crippen molar-refractivity contribution in [2.24, 2.45) is 0 Å². The Kier molecular flexibility index (Phi) is 4.32. The van der Waals surface area contributed by atoms with Crippen LogP contribution < -0.4 is 10.9 Å². The van der Waals surface area contributed by atoms with Crippen LogP contribution in [0.5, 0.6) is 0 Å². The van der Waals surface area contributed by atoms with E-state index in [1.807, 2.05) is 0 Å². The maximum absolute atomic E-state index is 12.3. The summed E-state index contributed by atoms with van der Waals surface area (Å²) in [6, 6.07) is 6.64. The molecule has 0 aliphatic rings. The van der Waals surface area contributed by atoms with E-state index in [-0.39, 0.29) is 24.6 Å². The number of carboxylic acids is 1. The maximum Gasteiger partial charge on any atom is 0.309 e. The molecule has 0 aliphatic carbocycles. The Labute approximate surface area is 120 Å². The number of carboxylic acid groups (broad SMARTS) is 1. The SMILES string of the molecule is CCNC(=O)Cn1nc(CC(=O)O)c2ccccc2c1=O. The van der Waals surface area contributed by atoms with Crippen molar-refractivity contribution in [3.05, 3.63) is 40.3 Å². The van der Waals surface area contributed by atoms with Gasteiger partial charge in [-0.05, 0) is 13.0 Å². The minimum absolute atomic E-state index is 0.232. The summed E-state index contributed by atoms with van der Waals surface area (Å²) in [6.07, 6.45) is -0.309. The predicted octanol–water partition coefficient (Wildman–Crippen LogP) is 0.160. The Balaban J connectivity index is 2.56. The number of carbonyl (C=O) groups excluding carboxylic acids is 1. The molecule has 0 atom stereocenters. The lowest BCUT2D eigenvalue weighted by atomic mass is 10.1. The van der Waals surface area contributed by atoms with Gasteiger partial charge in [-0.3, -0.25) is 14.4 Å². The number of rotatable bonds is 5. The van der Waals surface area contributed by atoms with Gasteiger partial charge in [0.15, 0.2) is 0 Å². The van der Waals surface area contributed by atoms with Gasteiger partial charge in [-0.25, -0.2) is 4.68 Å². The standard InChI is InChI=1S/C14H15N3O4/c1-2-15-12(18)8-17-14(21)10-6-4-3-5-9(10)11(16-17)7-13(19)20/h3-6H,2,7-8H2,1H3,(H,15,18)(H,19,20). The first-order valence-electron chi connectivity index (χ1n) is 6.50. The van der Waals surface area contributed by atoms with Crippen LogP contribution in [0.2, 0.25) is 0 Å². The minimum atomic E-state index is -1.05. The molecule has 0 aliphatic heterocycles. The zero-order valence-electron chi connectivity index (χ0n) is 11.5. The molecule has 2 aromatic rings. The van der Waals surface area contributed by atoms with E-state index in [9.17, 15) is 14.4 Å². The van der Waals surface area contributed by atoms with E-state index >= 15 is 0 Å². The lowest BCUT2D eigenvalue weighted by Gasteiger charge is -2.09. The van der Waals surface area contributed by atoms with E-state index < -0.39 is 11.5 Å². The van der Waals surface area contributed by atoms with Crippen LogP contribution in [0.4, 0.5) is 0 Å². The van der Waals surface area contributed by atoms with E-state index in [1.54, 1.807) is 31.2 Å². The van der Waals surface area contributed by atoms with Crippen molar-refractivity contribution < 1.29 is 14.7 Å². The van der Waals surface area contributed by atoms with Gasteiger partial charge >= 0.3 is 5.97 Å². The summed E-state index contributed by atoms with van der Waals surface area (Å²) in [5.74, 6) is -1.39. The van der Waals surface area contributed by atoms with E-state index in [1.165, 1.54) is 0 Å². The molecule has 1 amide bonds. The number of hydrogen-bond acceptors (Lipinski definition) is 4. The van der Waals surface area contributed by atoms with Gasteiger partial charge in [0.05, 0.1) is 17.5 Å². The molecule has 0 spiro atoms. The third kappa shape index (κ3) is 3.25. The summed E-state index contributed by atoms with van der Waals surface area (Å²) in [6.45, 7) is 1.98. The highest BCUT2D eigenvalue weighted by Crippen LogP contribution is 2.13. The predicted molar refractivity (Wildman–Crippen MR) is 76.0 cm³/mol. The molecule has 0 saturated heterocycles. The number of likely N-dealkylation sites (N-methyl/N-ethyl adjacent to an activating group) is 1. The van der Waals surface area contributed by atoms with Gasteiger partial charge < -0.3 is 10.4 Å². The second-order valence-electron chi connectivity index (χ2n) is 4.48. The largest absolute Gasteiger partial charge is 0.481 e. The fraction of sp³-hybridized carbons (Fsp3) is 0.286. The lowest BCUT2D eigenvalue weighted by molar-refractivity contribution is -0.136. The molecular weight excluding hydrogens is 274 g/mol. The van der Waals surface area contributed by atoms with Crippen LogP contribution >= 0.6 is 0 Å². The lowest BCUT2D eigenvalue weighted by Crippen LogP contribution is -2.34. The van der Waals surface area contributed by atoms with Crippen LogP contribution in [0.15, 0.2) is 29.1 Å². The molecule has 2 N–H and O–H groups in total. The summed E-state index contributed by atoms with van der Waals surface area (Å²) in [5, 5.41) is 16.4. The van der Waals surface area contributed by atoms with Crippen molar-refractivity contribution in [3.63, 3.8) is 0 Å². The van der Waals surface area contributed by atoms with Crippen molar-refractivity contribution in [1.29, 1.82) is 0 Å². The van der Waals surface area contributed by atoms with Gasteiger partial charge in [0.2, 0.25) is 5.91 Å². The van der Waals surface area contributed by atoms with Gasteiger partial charge in [0, 0.05) is 11.9 Å². The summed E-state index contributed by atoms with van der Waals surface area (Å²) < 4.78 is 1.01. The van der Waals surface area contributed by atoms with Crippen LogP contribution in [-0.2, 0) is 22.6 Å². The molecule has 1 aromatic carbocycles. The van der Waals surface area contributed by atoms with E-state index in [0.29, 0.717) is 17.3 Å². The zero-order valence-corrected chi connectivity index (χ0v) is 11.5. The minimum Gasteiger partial charge on any atom is -0.481 e. The van der Waals surface area contributed by atoms with Gasteiger partial charge in [0.1, 0.15) is 6.54 Å². The number of hydrogen-bond donors (Lipinski definition) is 2. The fourth-order valence-electron chi connectivity index (χ4n) is 2.08. The average Bonchev–Trinajstić information content (AvgIpc) is 2.44. The molecule has 0 fully saturated rings. The quantitative estimate of drug-likeness (QED) is 0.816. The van der Waals surface area contributed by atoms with Crippen LogP contribution in [-0.4, -0.2) is 33.3 Å². The zero-order chi connectivity index (χ0) is 15.4. The number of amides is 1. The highest BCUT2D eigenvalue weighted by molar-refractivity contribution is 5.86. The molecule has 21 heavy (non-hydrogen) atoms. The molecule has 7 heteroatoms. The molecule has 0 saturated carbocycles. The summed E-state index contributed by atoms with van der Waals surface area (Å²) >= 11 is 0. The molecule has 2 rings (SSSR count). The van der Waals surface area contributed by atoms with Crippen LogP contribution in [0.25, 0.3) is 10.8 Å². The number of aliphatic carboxylic acids is 1. The van der Waals surface area contributed by atoms with Crippen molar-refractivity contribution >= 4 is 22.6 Å². The Morgan fingerprint density at radius 2 is 1.95 bits per heavy atom. The number of carbonyl (C=O) groups is 2. The van der Waals surface area contributed by atoms with E-state index in [4.69, 9.17) is 5.11 Å². The molecule has 1 aromatic heterocycles. The Morgan fingerprint density at radius 3 is 2.57 bits per heavy atom. The number of nitrogens with one attached hydrogen (secondary N) is 1. The first kappa shape index (κ1) is 14.7. The molecule has 1 heterocycles. The van der Waals surface area contributed by atoms with Gasteiger partial charge in [0.25, 0.3) is 5.56 Å². The fourth-order valence-corrected chi connectivity index (χ4v) is 2.08. The topological polar surface area (TPSA) is 101 Å². The third-order valence-electron chi connectivity index (χ3n) is 2.93. The maximum atomic E-state index is 12.3. The summed E-state index contributed by atoms with van der Waals surface area (Å²) in [5.41, 5.74) is -0.145. The first-order valence-corrected chi connectivity index (χ1v) is 6.50. The van der Waals surface area contributed by atoms with E-state index in [2.05, 4.69) is 10.4 Å². The Morgan fingerprint density at radius 1 is 1.29 bits per heavy atom. The van der Waals surface area contributed by atoms with Crippen molar-refractivity contribution in [1.82, 2.24) is 15.1 Å². The molecule has 0 unspecified atom stereocenters. The van der Waals surface area contributed by atoms with Gasteiger partial charge in [-0.15, -0.1) is 0 Å². The smallest absolute Gasteiger partial charge is 0.309 e. The van der Waals surface area contributed by atoms with Crippen molar-refractivity contribution in [2.45, 2.75) is 19.9 Å². The third-order valence-corrected chi connectivity index (χ3v) is 2.93. The Hall–Kier alpha value is -2.70. The number of fused-ring (bicyclic) bond motifs is 1. The Bertz CT molecular complexity index is 751. The van der Waals surface area contributed by atoms with Crippen LogP contribution in [0, 0.1) is 0 Å². The van der Waals surface area contributed by atoms with Gasteiger partial charge in [-0.1, -0.05) is 18.2 Å². The van der Waals surface area contributed by atoms with Crippen LogP contribution in [0.1, 0.15) is 12.6 Å². The normalized spacial score (nSPS) is 10.5. The molecule has 0 bridgehead atoms. The average molecular weight is 289 g/mol. The summed E-state index contributed by atoms with van der Waals surface area (Å²) in [7, 11) is 0. The highest BCUT2D eigenvalue weighted by atomic mass is 16.4. The van der Waals surface area contributed by atoms with Crippen LogP contribution in [0.3, 0.4) is 0 Å². The van der Waals surface area contributed by atoms with Crippen molar-refractivity contribution in [2.75, 3.05) is 6.54 Å². The number of benzene rings is 1. The highest BCUT2D eigenvalue weighted by Gasteiger charge is 2.14. The molecule has 0 radical (unpaired) electrons.